The van der Waals surface area contributed by atoms with Crippen LogP contribution in [0.25, 0.3) is 0 Å². The molecule has 20 heavy (non-hydrogen) atoms. The van der Waals surface area contributed by atoms with Gasteiger partial charge in [0, 0.05) is 18.0 Å². The first kappa shape index (κ1) is 15.0. The van der Waals surface area contributed by atoms with Crippen LogP contribution in [0.3, 0.4) is 0 Å². The van der Waals surface area contributed by atoms with Gasteiger partial charge < -0.3 is 5.73 Å². The van der Waals surface area contributed by atoms with Crippen LogP contribution in [0.1, 0.15) is 24.7 Å². The quantitative estimate of drug-likeness (QED) is 0.853. The smallest absolute Gasteiger partial charge is 0.138 e. The first-order valence-electron chi connectivity index (χ1n) is 7.04. The van der Waals surface area contributed by atoms with Gasteiger partial charge >= 0.3 is 0 Å². The third-order valence-corrected chi connectivity index (χ3v) is 3.63. The third kappa shape index (κ3) is 4.05. The molecular formula is C15H21ClN4. The van der Waals surface area contributed by atoms with E-state index in [0.717, 1.165) is 36.7 Å². The monoisotopic (exact) mass is 292 g/mol. The number of aromatic nitrogens is 3. The summed E-state index contributed by atoms with van der Waals surface area (Å²) in [5, 5.41) is 5.02. The summed E-state index contributed by atoms with van der Waals surface area (Å²) in [5.74, 6) is 1.40. The van der Waals surface area contributed by atoms with Crippen molar-refractivity contribution in [3.8, 4) is 0 Å². The van der Waals surface area contributed by atoms with Crippen molar-refractivity contribution in [3.05, 3.63) is 47.0 Å². The van der Waals surface area contributed by atoms with E-state index in [-0.39, 0.29) is 0 Å². The summed E-state index contributed by atoms with van der Waals surface area (Å²) in [6.07, 6.45) is 4.48. The standard InChI is InChI=1S/C15H21ClN4/c1-2-7-20-15(18-11-19-20)9-13(10-17)8-12-3-5-14(16)6-4-12/h3-6,11,13H,2,7-10,17H2,1H3. The largest absolute Gasteiger partial charge is 0.330 e. The maximum absolute atomic E-state index is 5.91. The maximum atomic E-state index is 5.91. The van der Waals surface area contributed by atoms with Crippen molar-refractivity contribution in [2.75, 3.05) is 6.54 Å². The van der Waals surface area contributed by atoms with Gasteiger partial charge in [-0.1, -0.05) is 30.7 Å². The van der Waals surface area contributed by atoms with Gasteiger partial charge in [0.15, 0.2) is 0 Å². The molecule has 1 heterocycles. The highest BCUT2D eigenvalue weighted by molar-refractivity contribution is 6.30. The Bertz CT molecular complexity index is 521. The Morgan fingerprint density at radius 3 is 2.65 bits per heavy atom. The molecule has 1 atom stereocenters. The van der Waals surface area contributed by atoms with Gasteiger partial charge in [-0.15, -0.1) is 0 Å². The molecule has 0 saturated heterocycles. The van der Waals surface area contributed by atoms with Crippen LogP contribution >= 0.6 is 11.6 Å². The SMILES string of the molecule is CCCn1ncnc1CC(CN)Cc1ccc(Cl)cc1. The minimum atomic E-state index is 0.371. The average molecular weight is 293 g/mol. The molecule has 0 amide bonds. The number of aryl methyl sites for hydroxylation is 1. The molecule has 2 aromatic rings. The second kappa shape index (κ2) is 7.41. The first-order chi connectivity index (χ1) is 9.72. The van der Waals surface area contributed by atoms with Gasteiger partial charge in [0.25, 0.3) is 0 Å². The number of rotatable bonds is 7. The molecule has 0 spiro atoms. The van der Waals surface area contributed by atoms with E-state index >= 15 is 0 Å². The van der Waals surface area contributed by atoms with Crippen LogP contribution in [0, 0.1) is 5.92 Å². The van der Waals surface area contributed by atoms with Gasteiger partial charge in [-0.2, -0.15) is 5.10 Å². The number of hydrogen-bond acceptors (Lipinski definition) is 3. The summed E-state index contributed by atoms with van der Waals surface area (Å²) in [5.41, 5.74) is 7.16. The molecule has 0 saturated carbocycles. The second-order valence-electron chi connectivity index (χ2n) is 5.04. The van der Waals surface area contributed by atoms with Gasteiger partial charge in [-0.3, -0.25) is 4.68 Å². The molecule has 0 radical (unpaired) electrons. The van der Waals surface area contributed by atoms with Crippen molar-refractivity contribution >= 4 is 11.6 Å². The molecule has 0 bridgehead atoms. The topological polar surface area (TPSA) is 56.7 Å². The summed E-state index contributed by atoms with van der Waals surface area (Å²) >= 11 is 5.91. The third-order valence-electron chi connectivity index (χ3n) is 3.37. The van der Waals surface area contributed by atoms with E-state index in [1.165, 1.54) is 5.56 Å². The molecule has 0 aliphatic heterocycles. The molecule has 0 aliphatic rings. The molecule has 2 N–H and O–H groups in total. The van der Waals surface area contributed by atoms with Crippen LogP contribution < -0.4 is 5.73 Å². The highest BCUT2D eigenvalue weighted by atomic mass is 35.5. The Labute approximate surface area is 125 Å². The number of nitrogens with zero attached hydrogens (tertiary/aromatic N) is 3. The lowest BCUT2D eigenvalue weighted by molar-refractivity contribution is 0.483. The van der Waals surface area contributed by atoms with Crippen LogP contribution in [-0.2, 0) is 19.4 Å². The highest BCUT2D eigenvalue weighted by Crippen LogP contribution is 2.15. The minimum absolute atomic E-state index is 0.371. The second-order valence-corrected chi connectivity index (χ2v) is 5.47. The number of nitrogens with two attached hydrogens (primary N) is 1. The van der Waals surface area contributed by atoms with E-state index in [1.807, 2.05) is 16.8 Å². The van der Waals surface area contributed by atoms with Gasteiger partial charge in [0.05, 0.1) is 0 Å². The van der Waals surface area contributed by atoms with Gasteiger partial charge in [0.1, 0.15) is 12.2 Å². The number of hydrogen-bond donors (Lipinski definition) is 1. The summed E-state index contributed by atoms with van der Waals surface area (Å²) in [7, 11) is 0. The van der Waals surface area contributed by atoms with Gasteiger partial charge in [0.2, 0.25) is 0 Å². The van der Waals surface area contributed by atoms with E-state index in [1.54, 1.807) is 6.33 Å². The van der Waals surface area contributed by atoms with E-state index in [2.05, 4.69) is 29.1 Å². The van der Waals surface area contributed by atoms with Crippen molar-refractivity contribution in [1.82, 2.24) is 14.8 Å². The van der Waals surface area contributed by atoms with Gasteiger partial charge in [-0.25, -0.2) is 4.98 Å². The molecule has 1 aromatic heterocycles. The molecule has 2 rings (SSSR count). The highest BCUT2D eigenvalue weighted by Gasteiger charge is 2.13. The lowest BCUT2D eigenvalue weighted by atomic mass is 9.96. The minimum Gasteiger partial charge on any atom is -0.330 e. The predicted octanol–water partition coefficient (Wildman–Crippen LogP) is 2.70. The van der Waals surface area contributed by atoms with Crippen molar-refractivity contribution in [2.45, 2.75) is 32.7 Å². The van der Waals surface area contributed by atoms with Crippen molar-refractivity contribution < 1.29 is 0 Å². The van der Waals surface area contributed by atoms with Crippen LogP contribution in [0.2, 0.25) is 5.02 Å². The van der Waals surface area contributed by atoms with Gasteiger partial charge in [-0.05, 0) is 43.0 Å². The van der Waals surface area contributed by atoms with E-state index in [0.29, 0.717) is 12.5 Å². The van der Waals surface area contributed by atoms with Crippen molar-refractivity contribution in [3.63, 3.8) is 0 Å². The summed E-state index contributed by atoms with van der Waals surface area (Å²) in [6, 6.07) is 7.96. The van der Waals surface area contributed by atoms with E-state index in [9.17, 15) is 0 Å². The molecule has 1 aromatic carbocycles. The molecular weight excluding hydrogens is 272 g/mol. The Balaban J connectivity index is 2.01. The zero-order chi connectivity index (χ0) is 14.4. The van der Waals surface area contributed by atoms with Crippen LogP contribution in [0.5, 0.6) is 0 Å². The van der Waals surface area contributed by atoms with Crippen molar-refractivity contribution in [2.24, 2.45) is 11.7 Å². The first-order valence-corrected chi connectivity index (χ1v) is 7.42. The predicted molar refractivity (Wildman–Crippen MR) is 81.7 cm³/mol. The molecule has 4 nitrogen and oxygen atoms in total. The molecule has 1 unspecified atom stereocenters. The lowest BCUT2D eigenvalue weighted by Crippen LogP contribution is -2.21. The molecule has 0 fully saturated rings. The number of benzene rings is 1. The zero-order valence-electron chi connectivity index (χ0n) is 11.8. The molecule has 0 aliphatic carbocycles. The molecule has 108 valence electrons. The zero-order valence-corrected chi connectivity index (χ0v) is 12.6. The fraction of sp³-hybridized carbons (Fsp3) is 0.467. The molecule has 5 heteroatoms. The normalized spacial score (nSPS) is 12.6. The fourth-order valence-corrected chi connectivity index (χ4v) is 2.42. The Hall–Kier alpha value is -1.39. The average Bonchev–Trinajstić information content (AvgIpc) is 2.88. The summed E-state index contributed by atoms with van der Waals surface area (Å²) in [4.78, 5) is 4.35. The lowest BCUT2D eigenvalue weighted by Gasteiger charge is -2.15. The number of halogens is 1. The van der Waals surface area contributed by atoms with Crippen LogP contribution in [0.4, 0.5) is 0 Å². The Morgan fingerprint density at radius 1 is 1.25 bits per heavy atom. The summed E-state index contributed by atoms with van der Waals surface area (Å²) < 4.78 is 1.98. The fourth-order valence-electron chi connectivity index (χ4n) is 2.30. The van der Waals surface area contributed by atoms with E-state index in [4.69, 9.17) is 17.3 Å². The Kier molecular flexibility index (Phi) is 5.56. The summed E-state index contributed by atoms with van der Waals surface area (Å²) in [6.45, 7) is 3.69. The van der Waals surface area contributed by atoms with Crippen molar-refractivity contribution in [1.29, 1.82) is 0 Å². The van der Waals surface area contributed by atoms with Crippen LogP contribution in [-0.4, -0.2) is 21.3 Å². The Morgan fingerprint density at radius 2 is 2.00 bits per heavy atom. The van der Waals surface area contributed by atoms with Crippen LogP contribution in [0.15, 0.2) is 30.6 Å². The van der Waals surface area contributed by atoms with E-state index < -0.39 is 0 Å². The maximum Gasteiger partial charge on any atom is 0.138 e.